The van der Waals surface area contributed by atoms with Crippen LogP contribution in [0.1, 0.15) is 55.5 Å². The molecule has 2 aliphatic rings. The molecule has 0 bridgehead atoms. The van der Waals surface area contributed by atoms with Crippen molar-refractivity contribution in [3.63, 3.8) is 0 Å². The van der Waals surface area contributed by atoms with Crippen molar-refractivity contribution < 1.29 is 59.9 Å². The highest BCUT2D eigenvalue weighted by molar-refractivity contribution is 6.10. The van der Waals surface area contributed by atoms with E-state index in [1.165, 1.54) is 30.3 Å². The molecule has 0 amide bonds. The molecular formula is C30H22O12. The first-order chi connectivity index (χ1) is 20.0. The number of phenols is 7. The number of aliphatic hydroxyl groups excluding tert-OH is 1. The topological polar surface area (TPSA) is 214 Å². The fourth-order valence-electron chi connectivity index (χ4n) is 5.38. The van der Waals surface area contributed by atoms with Crippen LogP contribution in [-0.2, 0) is 0 Å². The van der Waals surface area contributed by atoms with E-state index in [2.05, 4.69) is 0 Å². The smallest absolute Gasteiger partial charge is 0.202 e. The summed E-state index contributed by atoms with van der Waals surface area (Å²) in [5, 5.41) is 82.8. The van der Waals surface area contributed by atoms with Gasteiger partial charge in [-0.05, 0) is 35.4 Å². The summed E-state index contributed by atoms with van der Waals surface area (Å²) in [6, 6.07) is 11.8. The van der Waals surface area contributed by atoms with Crippen molar-refractivity contribution in [3.05, 3.63) is 88.5 Å². The number of carbonyl (C=O) groups excluding carboxylic acids is 2. The van der Waals surface area contributed by atoms with Gasteiger partial charge in [0, 0.05) is 18.2 Å². The second kappa shape index (κ2) is 9.49. The van der Waals surface area contributed by atoms with Gasteiger partial charge in [0.05, 0.1) is 11.5 Å². The molecule has 0 saturated heterocycles. The van der Waals surface area contributed by atoms with Gasteiger partial charge < -0.3 is 50.3 Å². The minimum absolute atomic E-state index is 0.0466. The van der Waals surface area contributed by atoms with Crippen LogP contribution in [0.5, 0.6) is 51.7 Å². The second-order valence-electron chi connectivity index (χ2n) is 9.94. The van der Waals surface area contributed by atoms with E-state index in [1.807, 2.05) is 0 Å². The molecule has 4 atom stereocenters. The number of benzene rings is 4. The number of Topliss-reactive ketones (excluding diaryl/α,β-unsaturated/α-hetero) is 2. The number of hydrogen-bond acceptors (Lipinski definition) is 12. The number of ketones is 2. The maximum atomic E-state index is 14.1. The van der Waals surface area contributed by atoms with Gasteiger partial charge in [0.1, 0.15) is 57.5 Å². The third-order valence-electron chi connectivity index (χ3n) is 7.34. The molecule has 0 fully saturated rings. The highest BCUT2D eigenvalue weighted by Crippen LogP contribution is 2.55. The molecule has 6 rings (SSSR count). The van der Waals surface area contributed by atoms with Gasteiger partial charge in [-0.25, -0.2) is 0 Å². The van der Waals surface area contributed by atoms with Crippen LogP contribution in [-0.4, -0.2) is 58.5 Å². The van der Waals surface area contributed by atoms with Crippen molar-refractivity contribution in [2.45, 2.75) is 24.2 Å². The SMILES string of the molecule is O=C1c2c(O)cc(O)cc2O[C@H](c2ccc(O)cc2)[C@H]1c1c(O)cc(O)c2c1O[C@@H](c1ccc(O)c(O)c1)[C@@H](O)C2=O. The van der Waals surface area contributed by atoms with E-state index in [4.69, 9.17) is 9.47 Å². The molecule has 2 heterocycles. The molecule has 8 N–H and O–H groups in total. The van der Waals surface area contributed by atoms with Crippen LogP contribution in [0.25, 0.3) is 0 Å². The molecule has 4 aromatic rings. The van der Waals surface area contributed by atoms with Crippen LogP contribution in [0.3, 0.4) is 0 Å². The van der Waals surface area contributed by atoms with Crippen LogP contribution in [0, 0.1) is 0 Å². The van der Waals surface area contributed by atoms with Gasteiger partial charge in [-0.15, -0.1) is 0 Å². The molecule has 0 spiro atoms. The number of fused-ring (bicyclic) bond motifs is 2. The van der Waals surface area contributed by atoms with Gasteiger partial charge in [-0.2, -0.15) is 0 Å². The number of aliphatic hydroxyl groups is 1. The highest BCUT2D eigenvalue weighted by Gasteiger charge is 2.48. The number of phenolic OH excluding ortho intramolecular Hbond substituents is 7. The van der Waals surface area contributed by atoms with E-state index >= 15 is 0 Å². The molecule has 12 heteroatoms. The summed E-state index contributed by atoms with van der Waals surface area (Å²) >= 11 is 0. The van der Waals surface area contributed by atoms with Crippen molar-refractivity contribution in [1.29, 1.82) is 0 Å². The molecule has 0 saturated carbocycles. The number of carbonyl (C=O) groups is 2. The zero-order valence-electron chi connectivity index (χ0n) is 21.3. The molecule has 0 radical (unpaired) electrons. The van der Waals surface area contributed by atoms with Crippen LogP contribution < -0.4 is 9.47 Å². The van der Waals surface area contributed by atoms with E-state index in [0.717, 1.165) is 30.3 Å². The fourth-order valence-corrected chi connectivity index (χ4v) is 5.38. The van der Waals surface area contributed by atoms with Gasteiger partial charge in [0.15, 0.2) is 29.5 Å². The summed E-state index contributed by atoms with van der Waals surface area (Å²) in [6.07, 6.45) is -4.70. The van der Waals surface area contributed by atoms with Crippen LogP contribution in [0.2, 0.25) is 0 Å². The fraction of sp³-hybridized carbons (Fsp3) is 0.133. The Bertz CT molecular complexity index is 1780. The van der Waals surface area contributed by atoms with E-state index in [1.54, 1.807) is 0 Å². The van der Waals surface area contributed by atoms with Crippen molar-refractivity contribution >= 4 is 11.6 Å². The third kappa shape index (κ3) is 4.04. The average Bonchev–Trinajstić information content (AvgIpc) is 2.92. The molecule has 4 aromatic carbocycles. The minimum atomic E-state index is -1.90. The number of rotatable bonds is 3. The monoisotopic (exact) mass is 574 g/mol. The third-order valence-corrected chi connectivity index (χ3v) is 7.34. The summed E-state index contributed by atoms with van der Waals surface area (Å²) in [5.74, 6) is -7.60. The quantitative estimate of drug-likeness (QED) is 0.165. The molecule has 0 aromatic heterocycles. The van der Waals surface area contributed by atoms with E-state index in [-0.39, 0.29) is 28.2 Å². The molecule has 12 nitrogen and oxygen atoms in total. The minimum Gasteiger partial charge on any atom is -0.508 e. The molecule has 0 aliphatic carbocycles. The lowest BCUT2D eigenvalue weighted by molar-refractivity contribution is 0.0196. The predicted molar refractivity (Wildman–Crippen MR) is 142 cm³/mol. The second-order valence-corrected chi connectivity index (χ2v) is 9.94. The van der Waals surface area contributed by atoms with Gasteiger partial charge in [-0.3, -0.25) is 9.59 Å². The number of hydrogen-bond donors (Lipinski definition) is 8. The summed E-state index contributed by atoms with van der Waals surface area (Å²) in [4.78, 5) is 27.5. The normalized spacial score (nSPS) is 21.2. The van der Waals surface area contributed by atoms with E-state index in [0.29, 0.717) is 5.56 Å². The van der Waals surface area contributed by atoms with Gasteiger partial charge in [0.25, 0.3) is 0 Å². The number of ether oxygens (including phenoxy) is 2. The summed E-state index contributed by atoms with van der Waals surface area (Å²) in [5.41, 5.74) is -0.839. The Morgan fingerprint density at radius 2 is 1.21 bits per heavy atom. The maximum absolute atomic E-state index is 14.1. The molecule has 2 aliphatic heterocycles. The Morgan fingerprint density at radius 1 is 0.548 bits per heavy atom. The average molecular weight is 574 g/mol. The first kappa shape index (κ1) is 26.6. The van der Waals surface area contributed by atoms with Crippen LogP contribution >= 0.6 is 0 Å². The van der Waals surface area contributed by atoms with Gasteiger partial charge >= 0.3 is 0 Å². The number of aromatic hydroxyl groups is 7. The summed E-state index contributed by atoms with van der Waals surface area (Å²) < 4.78 is 12.1. The first-order valence-corrected chi connectivity index (χ1v) is 12.5. The largest absolute Gasteiger partial charge is 0.508 e. The Kier molecular flexibility index (Phi) is 6.01. The Labute approximate surface area is 236 Å². The molecular weight excluding hydrogens is 552 g/mol. The van der Waals surface area contributed by atoms with Crippen molar-refractivity contribution in [2.75, 3.05) is 0 Å². The lowest BCUT2D eigenvalue weighted by Gasteiger charge is -2.37. The predicted octanol–water partition coefficient (Wildman–Crippen LogP) is 3.40. The van der Waals surface area contributed by atoms with Crippen LogP contribution in [0.15, 0.2) is 60.7 Å². The van der Waals surface area contributed by atoms with Gasteiger partial charge in [-0.1, -0.05) is 18.2 Å². The zero-order valence-corrected chi connectivity index (χ0v) is 21.3. The first-order valence-electron chi connectivity index (χ1n) is 12.5. The van der Waals surface area contributed by atoms with Crippen LogP contribution in [0.4, 0.5) is 0 Å². The zero-order chi connectivity index (χ0) is 30.0. The molecule has 42 heavy (non-hydrogen) atoms. The maximum Gasteiger partial charge on any atom is 0.202 e. The van der Waals surface area contributed by atoms with E-state index < -0.39 is 81.6 Å². The Hall–Kier alpha value is -5.62. The van der Waals surface area contributed by atoms with Gasteiger partial charge in [0.2, 0.25) is 5.78 Å². The summed E-state index contributed by atoms with van der Waals surface area (Å²) in [7, 11) is 0. The molecule has 214 valence electrons. The standard InChI is InChI=1S/C30H22O12/c31-13-4-1-11(2-5-13)28-24(25(38)21-17(35)8-14(32)9-20(21)41-28)22-18(36)10-19(37)23-26(39)27(40)29(42-30(22)23)12-3-6-15(33)16(34)7-12/h1-10,24,27-29,31-37,40H/t24-,27-,28+,29-/m0/s1. The Morgan fingerprint density at radius 3 is 1.90 bits per heavy atom. The van der Waals surface area contributed by atoms with Crippen molar-refractivity contribution in [3.8, 4) is 51.7 Å². The lowest BCUT2D eigenvalue weighted by Crippen LogP contribution is -2.38. The Balaban J connectivity index is 1.59. The van der Waals surface area contributed by atoms with Crippen molar-refractivity contribution in [2.24, 2.45) is 0 Å². The summed E-state index contributed by atoms with van der Waals surface area (Å²) in [6.45, 7) is 0. The van der Waals surface area contributed by atoms with E-state index in [9.17, 15) is 50.4 Å². The molecule has 0 unspecified atom stereocenters. The highest BCUT2D eigenvalue weighted by atomic mass is 16.5. The lowest BCUT2D eigenvalue weighted by atomic mass is 9.78. The van der Waals surface area contributed by atoms with Crippen molar-refractivity contribution in [1.82, 2.24) is 0 Å².